The number of hydrogen-bond acceptors (Lipinski definition) is 7. The van der Waals surface area contributed by atoms with E-state index in [1.165, 1.54) is 5.56 Å². The molecule has 4 rings (SSSR count). The molecule has 0 saturated heterocycles. The highest BCUT2D eigenvalue weighted by Crippen LogP contribution is 2.35. The molecule has 0 aliphatic heterocycles. The van der Waals surface area contributed by atoms with E-state index < -0.39 is 6.10 Å². The number of fused-ring (bicyclic) bond motifs is 2. The van der Waals surface area contributed by atoms with Crippen molar-refractivity contribution < 1.29 is 28.2 Å². The van der Waals surface area contributed by atoms with Crippen molar-refractivity contribution in [3.63, 3.8) is 0 Å². The summed E-state index contributed by atoms with van der Waals surface area (Å²) in [5.41, 5.74) is 4.23. The molecule has 1 aliphatic carbocycles. The Hall–Kier alpha value is -3.16. The molecule has 1 heterocycles. The van der Waals surface area contributed by atoms with E-state index in [1.54, 1.807) is 6.92 Å². The van der Waals surface area contributed by atoms with Crippen LogP contribution in [0.25, 0.3) is 0 Å². The minimum absolute atomic E-state index is 0.273. The largest absolute Gasteiger partial charge is 0.491 e. The van der Waals surface area contributed by atoms with E-state index in [0.717, 1.165) is 41.2 Å². The van der Waals surface area contributed by atoms with Gasteiger partial charge in [-0.05, 0) is 49.1 Å². The van der Waals surface area contributed by atoms with Gasteiger partial charge in [0.15, 0.2) is 12.0 Å². The number of benzene rings is 2. The zero-order valence-corrected chi connectivity index (χ0v) is 20.6. The van der Waals surface area contributed by atoms with Gasteiger partial charge < -0.3 is 23.4 Å². The van der Waals surface area contributed by atoms with E-state index in [4.69, 9.17) is 23.4 Å². The number of esters is 1. The lowest BCUT2D eigenvalue weighted by molar-refractivity contribution is -0.156. The number of aromatic nitrogens is 1. The number of hydrogen-bond donors (Lipinski definition) is 0. The van der Waals surface area contributed by atoms with E-state index in [1.807, 2.05) is 44.2 Å². The van der Waals surface area contributed by atoms with E-state index in [0.29, 0.717) is 38.7 Å². The van der Waals surface area contributed by atoms with Gasteiger partial charge in [-0.1, -0.05) is 36.4 Å². The van der Waals surface area contributed by atoms with Crippen LogP contribution in [-0.4, -0.2) is 43.5 Å². The molecule has 2 atom stereocenters. The summed E-state index contributed by atoms with van der Waals surface area (Å²) in [4.78, 5) is 16.7. The summed E-state index contributed by atoms with van der Waals surface area (Å²) in [6.07, 6.45) is 1.30. The maximum absolute atomic E-state index is 12.1. The van der Waals surface area contributed by atoms with Crippen LogP contribution < -0.4 is 4.74 Å². The summed E-state index contributed by atoms with van der Waals surface area (Å²) < 4.78 is 28.7. The van der Waals surface area contributed by atoms with Crippen molar-refractivity contribution in [3.05, 3.63) is 82.6 Å². The zero-order valence-electron chi connectivity index (χ0n) is 20.6. The minimum Gasteiger partial charge on any atom is -0.491 e. The van der Waals surface area contributed by atoms with Crippen LogP contribution in [0.5, 0.6) is 5.75 Å². The smallest absolute Gasteiger partial charge is 0.335 e. The average molecular weight is 480 g/mol. The van der Waals surface area contributed by atoms with Gasteiger partial charge in [0, 0.05) is 26.4 Å². The molecule has 3 aromatic rings. The van der Waals surface area contributed by atoms with Crippen molar-refractivity contribution in [2.24, 2.45) is 0 Å². The van der Waals surface area contributed by atoms with Crippen molar-refractivity contribution in [1.29, 1.82) is 0 Å². The second-order valence-corrected chi connectivity index (χ2v) is 8.38. The first kappa shape index (κ1) is 24.9. The highest BCUT2D eigenvalue weighted by Gasteiger charge is 2.28. The predicted molar refractivity (Wildman–Crippen MR) is 131 cm³/mol. The average Bonchev–Trinajstić information content (AvgIpc) is 3.17. The molecule has 0 saturated carbocycles. The van der Waals surface area contributed by atoms with Crippen LogP contribution in [-0.2, 0) is 38.3 Å². The Balaban J connectivity index is 1.33. The fourth-order valence-corrected chi connectivity index (χ4v) is 4.36. The molecule has 0 N–H and O–H groups in total. The molecular weight excluding hydrogens is 446 g/mol. The Kier molecular flexibility index (Phi) is 8.55. The molecule has 0 fully saturated rings. The van der Waals surface area contributed by atoms with Gasteiger partial charge in [-0.3, -0.25) is 0 Å². The van der Waals surface area contributed by atoms with Crippen LogP contribution >= 0.6 is 0 Å². The second kappa shape index (κ2) is 12.0. The third-order valence-electron chi connectivity index (χ3n) is 5.94. The monoisotopic (exact) mass is 479 g/mol. The van der Waals surface area contributed by atoms with Crippen molar-refractivity contribution in [2.75, 3.05) is 26.4 Å². The summed E-state index contributed by atoms with van der Waals surface area (Å²) in [5.74, 6) is 1.96. The molecule has 186 valence electrons. The van der Waals surface area contributed by atoms with Crippen molar-refractivity contribution in [1.82, 2.24) is 4.98 Å². The Morgan fingerprint density at radius 1 is 1.06 bits per heavy atom. The van der Waals surface area contributed by atoms with Crippen LogP contribution in [0.15, 0.2) is 52.9 Å². The first-order valence-electron chi connectivity index (χ1n) is 12.2. The fraction of sp³-hybridized carbons (Fsp3) is 0.429. The lowest BCUT2D eigenvalue weighted by Gasteiger charge is -2.18. The van der Waals surface area contributed by atoms with Crippen LogP contribution in [0.2, 0.25) is 0 Å². The lowest BCUT2D eigenvalue weighted by Crippen LogP contribution is -2.28. The van der Waals surface area contributed by atoms with E-state index in [2.05, 4.69) is 23.2 Å². The standard InChI is InChI=1S/C28H33NO6/c1-4-31-25(28(30)32-5-2)18-20-10-13-22(14-11-20)33-16-17-34-27-23-9-7-6-8-21(23)12-15-24-26(27)29-19(3)35-24/h6-11,13-14,25,27H,4-5,12,15-18H2,1-3H3. The first-order valence-corrected chi connectivity index (χ1v) is 12.2. The van der Waals surface area contributed by atoms with Crippen LogP contribution in [0.4, 0.5) is 0 Å². The summed E-state index contributed by atoms with van der Waals surface area (Å²) in [6.45, 7) is 7.11. The molecule has 0 spiro atoms. The molecule has 0 amide bonds. The maximum Gasteiger partial charge on any atom is 0.335 e. The van der Waals surface area contributed by atoms with Gasteiger partial charge in [-0.15, -0.1) is 0 Å². The number of nitrogens with zero attached hydrogens (tertiary/aromatic N) is 1. The normalized spacial score (nSPS) is 15.6. The third kappa shape index (κ3) is 6.29. The number of aryl methyl sites for hydroxylation is 3. The first-order chi connectivity index (χ1) is 17.1. The molecule has 7 heteroatoms. The van der Waals surface area contributed by atoms with Crippen LogP contribution in [0, 0.1) is 6.92 Å². The molecule has 35 heavy (non-hydrogen) atoms. The Morgan fingerprint density at radius 2 is 1.86 bits per heavy atom. The third-order valence-corrected chi connectivity index (χ3v) is 5.94. The van der Waals surface area contributed by atoms with Crippen molar-refractivity contribution >= 4 is 5.97 Å². The minimum atomic E-state index is -0.604. The molecule has 0 bridgehead atoms. The van der Waals surface area contributed by atoms with Gasteiger partial charge in [0.25, 0.3) is 0 Å². The number of rotatable bonds is 11. The topological polar surface area (TPSA) is 80.0 Å². The number of carbonyl (C=O) groups excluding carboxylic acids is 1. The zero-order chi connectivity index (χ0) is 24.6. The molecule has 7 nitrogen and oxygen atoms in total. The SMILES string of the molecule is CCOC(=O)C(Cc1ccc(OCCOC2c3ccccc3CCc3oc(C)nc32)cc1)OCC. The van der Waals surface area contributed by atoms with Gasteiger partial charge in [-0.2, -0.15) is 0 Å². The second-order valence-electron chi connectivity index (χ2n) is 8.38. The van der Waals surface area contributed by atoms with Crippen LogP contribution in [0.1, 0.15) is 54.0 Å². The summed E-state index contributed by atoms with van der Waals surface area (Å²) in [6, 6.07) is 16.0. The Morgan fingerprint density at radius 3 is 2.63 bits per heavy atom. The summed E-state index contributed by atoms with van der Waals surface area (Å²) in [7, 11) is 0. The van der Waals surface area contributed by atoms with Crippen LogP contribution in [0.3, 0.4) is 0 Å². The number of oxazole rings is 1. The number of ether oxygens (including phenoxy) is 4. The maximum atomic E-state index is 12.1. The summed E-state index contributed by atoms with van der Waals surface area (Å²) in [5, 5.41) is 0. The molecule has 2 unspecified atom stereocenters. The Labute approximate surface area is 206 Å². The van der Waals surface area contributed by atoms with Crippen molar-refractivity contribution in [3.8, 4) is 5.75 Å². The van der Waals surface area contributed by atoms with E-state index in [-0.39, 0.29) is 12.1 Å². The molecule has 0 radical (unpaired) electrons. The van der Waals surface area contributed by atoms with E-state index in [9.17, 15) is 4.79 Å². The molecule has 2 aromatic carbocycles. The highest BCUT2D eigenvalue weighted by molar-refractivity contribution is 5.75. The molecule has 1 aromatic heterocycles. The fourth-order valence-electron chi connectivity index (χ4n) is 4.36. The van der Waals surface area contributed by atoms with Gasteiger partial charge in [0.05, 0.1) is 13.2 Å². The van der Waals surface area contributed by atoms with Gasteiger partial charge in [0.2, 0.25) is 0 Å². The van der Waals surface area contributed by atoms with Crippen molar-refractivity contribution in [2.45, 2.75) is 52.2 Å². The Bertz CT molecular complexity index is 1110. The van der Waals surface area contributed by atoms with Gasteiger partial charge in [-0.25, -0.2) is 9.78 Å². The van der Waals surface area contributed by atoms with E-state index >= 15 is 0 Å². The molecule has 1 aliphatic rings. The highest BCUT2D eigenvalue weighted by atomic mass is 16.6. The molecular formula is C28H33NO6. The van der Waals surface area contributed by atoms with Gasteiger partial charge in [0.1, 0.15) is 29.9 Å². The van der Waals surface area contributed by atoms with Gasteiger partial charge >= 0.3 is 5.97 Å². The predicted octanol–water partition coefficient (Wildman–Crippen LogP) is 4.78. The number of carbonyl (C=O) groups is 1. The quantitative estimate of drug-likeness (QED) is 0.289. The summed E-state index contributed by atoms with van der Waals surface area (Å²) >= 11 is 0. The lowest BCUT2D eigenvalue weighted by atomic mass is 10.0.